The van der Waals surface area contributed by atoms with Gasteiger partial charge in [-0.2, -0.15) is 0 Å². The van der Waals surface area contributed by atoms with Crippen LogP contribution in [0.15, 0.2) is 28.7 Å². The molecule has 0 spiro atoms. The summed E-state index contributed by atoms with van der Waals surface area (Å²) in [5, 5.41) is 0. The summed E-state index contributed by atoms with van der Waals surface area (Å²) in [4.78, 5) is 23.3. The van der Waals surface area contributed by atoms with Gasteiger partial charge in [0.05, 0.1) is 0 Å². The number of rotatable bonds is 4. The van der Waals surface area contributed by atoms with E-state index >= 15 is 0 Å². The normalized spacial score (nSPS) is 29.8. The minimum absolute atomic E-state index is 0.0110. The first-order chi connectivity index (χ1) is 11.3. The molecule has 132 valence electrons. The first-order valence-electron chi connectivity index (χ1n) is 8.43. The topological polar surface area (TPSA) is 52.6 Å². The van der Waals surface area contributed by atoms with Crippen molar-refractivity contribution in [3.63, 3.8) is 0 Å². The van der Waals surface area contributed by atoms with Crippen LogP contribution in [0.2, 0.25) is 0 Å². The average molecular weight is 397 g/mol. The second-order valence-electron chi connectivity index (χ2n) is 6.57. The molecule has 1 fully saturated rings. The predicted molar refractivity (Wildman–Crippen MR) is 95.6 cm³/mol. The molecule has 0 unspecified atom stereocenters. The maximum absolute atomic E-state index is 11.7. The summed E-state index contributed by atoms with van der Waals surface area (Å²) in [5.74, 6) is -0.123. The number of ether oxygens (including phenoxy) is 2. The van der Waals surface area contributed by atoms with Crippen LogP contribution in [-0.2, 0) is 19.1 Å². The number of halogens is 1. The first-order valence-corrected chi connectivity index (χ1v) is 9.22. The van der Waals surface area contributed by atoms with E-state index < -0.39 is 12.2 Å². The van der Waals surface area contributed by atoms with Gasteiger partial charge in [-0.05, 0) is 36.0 Å². The number of carbonyl (C=O) groups excluding carboxylic acids is 2. The van der Waals surface area contributed by atoms with E-state index in [1.54, 1.807) is 0 Å². The molecular weight excluding hydrogens is 372 g/mol. The molecule has 1 aromatic carbocycles. The fraction of sp³-hybridized carbons (Fsp3) is 0.579. The molecule has 0 aromatic heterocycles. The fourth-order valence-electron chi connectivity index (χ4n) is 3.78. The molecule has 0 bridgehead atoms. The largest absolute Gasteiger partial charge is 0.458 e. The molecule has 1 aromatic rings. The Morgan fingerprint density at radius 3 is 2.33 bits per heavy atom. The van der Waals surface area contributed by atoms with Gasteiger partial charge in [0.25, 0.3) is 0 Å². The second kappa shape index (κ2) is 8.15. The van der Waals surface area contributed by atoms with Crippen LogP contribution in [0.5, 0.6) is 0 Å². The van der Waals surface area contributed by atoms with Crippen LogP contribution in [0.3, 0.4) is 0 Å². The van der Waals surface area contributed by atoms with Crippen molar-refractivity contribution >= 4 is 27.9 Å². The first kappa shape index (κ1) is 19.0. The van der Waals surface area contributed by atoms with Crippen LogP contribution in [-0.4, -0.2) is 24.1 Å². The molecule has 0 aliphatic heterocycles. The van der Waals surface area contributed by atoms with E-state index in [-0.39, 0.29) is 23.8 Å². The van der Waals surface area contributed by atoms with Gasteiger partial charge in [0, 0.05) is 24.2 Å². The zero-order valence-corrected chi connectivity index (χ0v) is 16.2. The summed E-state index contributed by atoms with van der Waals surface area (Å²) in [6.45, 7) is 7.03. The van der Waals surface area contributed by atoms with Gasteiger partial charge < -0.3 is 9.47 Å². The highest BCUT2D eigenvalue weighted by Crippen LogP contribution is 2.44. The van der Waals surface area contributed by atoms with Crippen molar-refractivity contribution in [2.75, 3.05) is 0 Å². The van der Waals surface area contributed by atoms with Crippen molar-refractivity contribution in [3.05, 3.63) is 34.3 Å². The Morgan fingerprint density at radius 1 is 1.17 bits per heavy atom. The van der Waals surface area contributed by atoms with E-state index in [1.165, 1.54) is 13.8 Å². The maximum atomic E-state index is 11.7. The number of esters is 2. The summed E-state index contributed by atoms with van der Waals surface area (Å²) in [6.07, 6.45) is 1.02. The average Bonchev–Trinajstić information content (AvgIpc) is 2.50. The molecule has 1 aliphatic rings. The van der Waals surface area contributed by atoms with Crippen LogP contribution in [0.4, 0.5) is 0 Å². The minimum Gasteiger partial charge on any atom is -0.458 e. The molecular formula is C19H25BrO4. The third-order valence-electron chi connectivity index (χ3n) is 4.94. The minimum atomic E-state index is -0.460. The molecule has 0 heterocycles. The molecule has 24 heavy (non-hydrogen) atoms. The molecule has 1 saturated carbocycles. The van der Waals surface area contributed by atoms with E-state index in [4.69, 9.17) is 9.47 Å². The van der Waals surface area contributed by atoms with Crippen molar-refractivity contribution in [2.24, 2.45) is 11.8 Å². The number of carbonyl (C=O) groups is 2. The molecule has 0 N–H and O–H groups in total. The molecule has 5 atom stereocenters. The van der Waals surface area contributed by atoms with Gasteiger partial charge in [0.1, 0.15) is 12.2 Å². The molecule has 5 heteroatoms. The van der Waals surface area contributed by atoms with Crippen LogP contribution in [0, 0.1) is 11.8 Å². The van der Waals surface area contributed by atoms with Gasteiger partial charge in [-0.25, -0.2) is 0 Å². The molecule has 4 nitrogen and oxygen atoms in total. The van der Waals surface area contributed by atoms with Crippen molar-refractivity contribution in [3.8, 4) is 0 Å². The SMILES string of the molecule is CC[C@H]1C[C@H](c2cccc(Br)c2)[C@@H](OC(C)=O)[C@@H](OC(C)=O)[C@@H]1C. The molecule has 0 saturated heterocycles. The van der Waals surface area contributed by atoms with Gasteiger partial charge in [0.2, 0.25) is 0 Å². The Kier molecular flexibility index (Phi) is 6.44. The monoisotopic (exact) mass is 396 g/mol. The molecule has 2 rings (SSSR count). The van der Waals surface area contributed by atoms with Gasteiger partial charge in [0.15, 0.2) is 0 Å². The summed E-state index contributed by atoms with van der Waals surface area (Å²) in [5.41, 5.74) is 1.10. The van der Waals surface area contributed by atoms with Crippen LogP contribution in [0.25, 0.3) is 0 Å². The van der Waals surface area contributed by atoms with Gasteiger partial charge in [-0.1, -0.05) is 48.3 Å². The second-order valence-corrected chi connectivity index (χ2v) is 7.49. The van der Waals surface area contributed by atoms with E-state index in [0.717, 1.165) is 22.9 Å². The quantitative estimate of drug-likeness (QED) is 0.704. The summed E-state index contributed by atoms with van der Waals surface area (Å²) in [7, 11) is 0. The molecule has 1 aliphatic carbocycles. The van der Waals surface area contributed by atoms with E-state index in [0.29, 0.717) is 5.92 Å². The molecule has 0 radical (unpaired) electrons. The van der Waals surface area contributed by atoms with Crippen molar-refractivity contribution in [1.29, 1.82) is 0 Å². The number of benzene rings is 1. The smallest absolute Gasteiger partial charge is 0.303 e. The highest BCUT2D eigenvalue weighted by Gasteiger charge is 2.46. The van der Waals surface area contributed by atoms with Gasteiger partial charge in [-0.15, -0.1) is 0 Å². The van der Waals surface area contributed by atoms with Crippen LogP contribution in [0.1, 0.15) is 52.0 Å². The van der Waals surface area contributed by atoms with E-state index in [9.17, 15) is 9.59 Å². The number of hydrogen-bond acceptors (Lipinski definition) is 4. The zero-order chi connectivity index (χ0) is 17.9. The zero-order valence-electron chi connectivity index (χ0n) is 14.6. The lowest BCUT2D eigenvalue weighted by Crippen LogP contribution is -2.49. The van der Waals surface area contributed by atoms with Gasteiger partial charge >= 0.3 is 11.9 Å². The van der Waals surface area contributed by atoms with Gasteiger partial charge in [-0.3, -0.25) is 9.59 Å². The Bertz CT molecular complexity index is 601. The standard InChI is InChI=1S/C19H25BrO4/c1-5-14-10-17(15-7-6-8-16(20)9-15)19(24-13(4)22)18(11(14)2)23-12(3)21/h6-9,11,14,17-19H,5,10H2,1-4H3/t11-,14+,17-,18+,19-/m1/s1. The van der Waals surface area contributed by atoms with E-state index in [2.05, 4.69) is 35.8 Å². The third kappa shape index (κ3) is 4.38. The fourth-order valence-corrected chi connectivity index (χ4v) is 4.20. The van der Waals surface area contributed by atoms with Crippen LogP contribution >= 0.6 is 15.9 Å². The van der Waals surface area contributed by atoms with E-state index in [1.807, 2.05) is 18.2 Å². The summed E-state index contributed by atoms with van der Waals surface area (Å²) < 4.78 is 12.2. The summed E-state index contributed by atoms with van der Waals surface area (Å²) >= 11 is 3.51. The maximum Gasteiger partial charge on any atom is 0.303 e. The Hall–Kier alpha value is -1.36. The number of hydrogen-bond donors (Lipinski definition) is 0. The van der Waals surface area contributed by atoms with Crippen molar-refractivity contribution in [1.82, 2.24) is 0 Å². The lowest BCUT2D eigenvalue weighted by molar-refractivity contribution is -0.180. The Labute approximate surface area is 152 Å². The van der Waals surface area contributed by atoms with Crippen LogP contribution < -0.4 is 0 Å². The highest BCUT2D eigenvalue weighted by molar-refractivity contribution is 9.10. The van der Waals surface area contributed by atoms with Crippen molar-refractivity contribution < 1.29 is 19.1 Å². The highest BCUT2D eigenvalue weighted by atomic mass is 79.9. The van der Waals surface area contributed by atoms with Crippen molar-refractivity contribution in [2.45, 2.75) is 58.7 Å². The lowest BCUT2D eigenvalue weighted by atomic mass is 9.68. The predicted octanol–water partition coefficient (Wildman–Crippen LogP) is 4.46. The Balaban J connectivity index is 2.43. The molecule has 0 amide bonds. The summed E-state index contributed by atoms with van der Waals surface area (Å²) in [6, 6.07) is 8.04. The third-order valence-corrected chi connectivity index (χ3v) is 5.44. The Morgan fingerprint density at radius 2 is 1.79 bits per heavy atom. The lowest BCUT2D eigenvalue weighted by Gasteiger charge is -2.44.